The average Bonchev–Trinajstić information content (AvgIpc) is 2.37. The SMILES string of the molecule is COc1cc2c(C(=O)O)nccc2c(N)c1OC. The first-order valence-electron chi connectivity index (χ1n) is 5.12. The van der Waals surface area contributed by atoms with Gasteiger partial charge in [-0.1, -0.05) is 0 Å². The highest BCUT2D eigenvalue weighted by Crippen LogP contribution is 2.40. The Kier molecular flexibility index (Phi) is 2.93. The van der Waals surface area contributed by atoms with E-state index in [0.29, 0.717) is 28.0 Å². The summed E-state index contributed by atoms with van der Waals surface area (Å²) >= 11 is 0. The van der Waals surface area contributed by atoms with Crippen molar-refractivity contribution in [2.24, 2.45) is 0 Å². The van der Waals surface area contributed by atoms with E-state index in [2.05, 4.69) is 4.98 Å². The number of carbonyl (C=O) groups is 1. The van der Waals surface area contributed by atoms with Gasteiger partial charge in [-0.3, -0.25) is 0 Å². The first-order chi connectivity index (χ1) is 8.60. The van der Waals surface area contributed by atoms with Crippen molar-refractivity contribution in [2.75, 3.05) is 20.0 Å². The van der Waals surface area contributed by atoms with Gasteiger partial charge in [-0.25, -0.2) is 9.78 Å². The molecule has 94 valence electrons. The number of nitrogens with zero attached hydrogens (tertiary/aromatic N) is 1. The molecule has 6 heteroatoms. The molecule has 0 saturated heterocycles. The van der Waals surface area contributed by atoms with Gasteiger partial charge in [0.1, 0.15) is 0 Å². The van der Waals surface area contributed by atoms with Gasteiger partial charge >= 0.3 is 5.97 Å². The van der Waals surface area contributed by atoms with Gasteiger partial charge < -0.3 is 20.3 Å². The number of pyridine rings is 1. The first kappa shape index (κ1) is 12.0. The van der Waals surface area contributed by atoms with Crippen LogP contribution in [0.2, 0.25) is 0 Å². The Balaban J connectivity index is 2.89. The number of carboxylic acids is 1. The van der Waals surface area contributed by atoms with Crippen molar-refractivity contribution in [3.8, 4) is 11.5 Å². The van der Waals surface area contributed by atoms with Crippen molar-refractivity contribution in [3.05, 3.63) is 24.0 Å². The number of rotatable bonds is 3. The molecule has 1 heterocycles. The highest BCUT2D eigenvalue weighted by atomic mass is 16.5. The van der Waals surface area contributed by atoms with E-state index in [4.69, 9.17) is 20.3 Å². The lowest BCUT2D eigenvalue weighted by molar-refractivity contribution is 0.0693. The first-order valence-corrected chi connectivity index (χ1v) is 5.12. The molecule has 0 radical (unpaired) electrons. The van der Waals surface area contributed by atoms with Crippen LogP contribution in [0.4, 0.5) is 5.69 Å². The molecule has 0 aliphatic heterocycles. The highest BCUT2D eigenvalue weighted by molar-refractivity contribution is 6.07. The molecule has 0 aliphatic carbocycles. The van der Waals surface area contributed by atoms with E-state index in [-0.39, 0.29) is 5.69 Å². The van der Waals surface area contributed by atoms with E-state index in [9.17, 15) is 4.79 Å². The molecule has 0 fully saturated rings. The molecule has 0 saturated carbocycles. The Hall–Kier alpha value is -2.50. The molecule has 18 heavy (non-hydrogen) atoms. The standard InChI is InChI=1S/C12H12N2O4/c1-17-8-5-7-6(9(13)11(8)18-2)3-4-14-10(7)12(15)16/h3-5H,13H2,1-2H3,(H,15,16). The Bertz CT molecular complexity index is 625. The van der Waals surface area contributed by atoms with E-state index in [0.717, 1.165) is 0 Å². The van der Waals surface area contributed by atoms with Gasteiger partial charge in [0, 0.05) is 17.0 Å². The fourth-order valence-electron chi connectivity index (χ4n) is 1.84. The molecular weight excluding hydrogens is 236 g/mol. The molecular formula is C12H12N2O4. The lowest BCUT2D eigenvalue weighted by Crippen LogP contribution is -2.04. The van der Waals surface area contributed by atoms with Crippen LogP contribution in [0.5, 0.6) is 11.5 Å². The third-order valence-corrected chi connectivity index (χ3v) is 2.65. The van der Waals surface area contributed by atoms with Crippen molar-refractivity contribution in [1.82, 2.24) is 4.98 Å². The van der Waals surface area contributed by atoms with Crippen LogP contribution >= 0.6 is 0 Å². The fourth-order valence-corrected chi connectivity index (χ4v) is 1.84. The van der Waals surface area contributed by atoms with Crippen LogP contribution in [-0.2, 0) is 0 Å². The largest absolute Gasteiger partial charge is 0.493 e. The maximum Gasteiger partial charge on any atom is 0.355 e. The van der Waals surface area contributed by atoms with Crippen LogP contribution < -0.4 is 15.2 Å². The molecule has 0 unspecified atom stereocenters. The quantitative estimate of drug-likeness (QED) is 0.800. The molecule has 1 aromatic carbocycles. The van der Waals surface area contributed by atoms with Crippen molar-refractivity contribution < 1.29 is 19.4 Å². The number of aromatic nitrogens is 1. The second-order valence-electron chi connectivity index (χ2n) is 3.59. The van der Waals surface area contributed by atoms with E-state index in [1.807, 2.05) is 0 Å². The maximum atomic E-state index is 11.1. The van der Waals surface area contributed by atoms with Gasteiger partial charge in [0.15, 0.2) is 17.2 Å². The topological polar surface area (TPSA) is 94.7 Å². The van der Waals surface area contributed by atoms with E-state index in [1.54, 1.807) is 12.1 Å². The number of fused-ring (bicyclic) bond motifs is 1. The zero-order valence-corrected chi connectivity index (χ0v) is 9.93. The summed E-state index contributed by atoms with van der Waals surface area (Å²) in [7, 11) is 2.93. The zero-order valence-electron chi connectivity index (χ0n) is 9.93. The van der Waals surface area contributed by atoms with Gasteiger partial charge in [0.05, 0.1) is 19.9 Å². The van der Waals surface area contributed by atoms with Crippen LogP contribution in [0.25, 0.3) is 10.8 Å². The zero-order chi connectivity index (χ0) is 13.3. The van der Waals surface area contributed by atoms with Crippen LogP contribution in [-0.4, -0.2) is 30.3 Å². The summed E-state index contributed by atoms with van der Waals surface area (Å²) in [5, 5.41) is 10.1. The van der Waals surface area contributed by atoms with Gasteiger partial charge in [0.25, 0.3) is 0 Å². The summed E-state index contributed by atoms with van der Waals surface area (Å²) in [4.78, 5) is 14.9. The summed E-state index contributed by atoms with van der Waals surface area (Å²) in [6.07, 6.45) is 1.40. The number of hydrogen-bond acceptors (Lipinski definition) is 5. The number of aromatic carboxylic acids is 1. The van der Waals surface area contributed by atoms with Crippen molar-refractivity contribution in [1.29, 1.82) is 0 Å². The lowest BCUT2D eigenvalue weighted by Gasteiger charge is -2.13. The number of nitrogen functional groups attached to an aromatic ring is 1. The molecule has 0 atom stereocenters. The minimum absolute atomic E-state index is 0.0693. The molecule has 0 bridgehead atoms. The Morgan fingerprint density at radius 3 is 2.61 bits per heavy atom. The van der Waals surface area contributed by atoms with E-state index in [1.165, 1.54) is 20.4 Å². The van der Waals surface area contributed by atoms with Gasteiger partial charge in [0.2, 0.25) is 0 Å². The second kappa shape index (κ2) is 4.40. The molecule has 3 N–H and O–H groups in total. The smallest absolute Gasteiger partial charge is 0.355 e. The van der Waals surface area contributed by atoms with Crippen molar-refractivity contribution in [3.63, 3.8) is 0 Å². The third-order valence-electron chi connectivity index (χ3n) is 2.65. The van der Waals surface area contributed by atoms with Crippen LogP contribution in [0.3, 0.4) is 0 Å². The summed E-state index contributed by atoms with van der Waals surface area (Å²) in [5.41, 5.74) is 6.21. The molecule has 2 aromatic rings. The third kappa shape index (κ3) is 1.67. The molecule has 6 nitrogen and oxygen atoms in total. The minimum Gasteiger partial charge on any atom is -0.493 e. The number of anilines is 1. The maximum absolute atomic E-state index is 11.1. The second-order valence-corrected chi connectivity index (χ2v) is 3.59. The van der Waals surface area contributed by atoms with E-state index >= 15 is 0 Å². The van der Waals surface area contributed by atoms with Crippen LogP contribution in [0.1, 0.15) is 10.5 Å². The molecule has 0 spiro atoms. The lowest BCUT2D eigenvalue weighted by atomic mass is 10.1. The molecule has 0 aliphatic rings. The monoisotopic (exact) mass is 248 g/mol. The van der Waals surface area contributed by atoms with Crippen LogP contribution in [0.15, 0.2) is 18.3 Å². The Morgan fingerprint density at radius 2 is 2.06 bits per heavy atom. The number of ether oxygens (including phenoxy) is 2. The number of nitrogens with two attached hydrogens (primary N) is 1. The molecule has 2 rings (SSSR count). The predicted octanol–water partition coefficient (Wildman–Crippen LogP) is 1.53. The Morgan fingerprint density at radius 1 is 1.33 bits per heavy atom. The molecule has 0 amide bonds. The fraction of sp³-hybridized carbons (Fsp3) is 0.167. The van der Waals surface area contributed by atoms with Crippen molar-refractivity contribution in [2.45, 2.75) is 0 Å². The van der Waals surface area contributed by atoms with Gasteiger partial charge in [-0.15, -0.1) is 0 Å². The van der Waals surface area contributed by atoms with E-state index < -0.39 is 5.97 Å². The summed E-state index contributed by atoms with van der Waals surface area (Å²) in [6.45, 7) is 0. The average molecular weight is 248 g/mol. The summed E-state index contributed by atoms with van der Waals surface area (Å²) in [5.74, 6) is -0.363. The highest BCUT2D eigenvalue weighted by Gasteiger charge is 2.17. The predicted molar refractivity (Wildman–Crippen MR) is 66.2 cm³/mol. The number of benzene rings is 1. The van der Waals surface area contributed by atoms with Crippen LogP contribution in [0, 0.1) is 0 Å². The van der Waals surface area contributed by atoms with Gasteiger partial charge in [-0.05, 0) is 12.1 Å². The minimum atomic E-state index is -1.12. The van der Waals surface area contributed by atoms with Gasteiger partial charge in [-0.2, -0.15) is 0 Å². The summed E-state index contributed by atoms with van der Waals surface area (Å²) < 4.78 is 10.3. The Labute approximate surface area is 103 Å². The number of methoxy groups -OCH3 is 2. The van der Waals surface area contributed by atoms with Crippen molar-refractivity contribution >= 4 is 22.4 Å². The summed E-state index contributed by atoms with van der Waals surface area (Å²) in [6, 6.07) is 3.19. The number of carboxylic acid groups (broad SMARTS) is 1. The normalized spacial score (nSPS) is 10.3. The molecule has 1 aromatic heterocycles. The number of hydrogen-bond donors (Lipinski definition) is 2.